The van der Waals surface area contributed by atoms with E-state index in [1.54, 1.807) is 30.3 Å². The highest BCUT2D eigenvalue weighted by Gasteiger charge is 2.36. The summed E-state index contributed by atoms with van der Waals surface area (Å²) in [5.41, 5.74) is 2.67. The Morgan fingerprint density at radius 1 is 1.04 bits per heavy atom. The molecule has 1 saturated heterocycles. The maximum atomic E-state index is 12.5. The van der Waals surface area contributed by atoms with E-state index in [9.17, 15) is 9.59 Å². The SMILES string of the molecule is CCc1ccc(/C=C2/SC(=O)N(c3ccc(Cl)cc3)C2=O)cc1. The highest BCUT2D eigenvalue weighted by molar-refractivity contribution is 8.19. The summed E-state index contributed by atoms with van der Waals surface area (Å²) < 4.78 is 0. The van der Waals surface area contributed by atoms with Gasteiger partial charge in [-0.15, -0.1) is 0 Å². The molecule has 23 heavy (non-hydrogen) atoms. The van der Waals surface area contributed by atoms with E-state index in [4.69, 9.17) is 11.6 Å². The second-order valence-corrected chi connectivity index (χ2v) is 6.52. The van der Waals surface area contributed by atoms with Crippen molar-refractivity contribution in [1.29, 1.82) is 0 Å². The summed E-state index contributed by atoms with van der Waals surface area (Å²) in [6.45, 7) is 2.09. The molecule has 0 N–H and O–H groups in total. The third-order valence-corrected chi connectivity index (χ3v) is 4.69. The number of amides is 2. The van der Waals surface area contributed by atoms with Crippen molar-refractivity contribution in [2.45, 2.75) is 13.3 Å². The summed E-state index contributed by atoms with van der Waals surface area (Å²) >= 11 is 6.80. The molecule has 0 unspecified atom stereocenters. The number of thioether (sulfide) groups is 1. The van der Waals surface area contributed by atoms with Gasteiger partial charge in [-0.1, -0.05) is 42.8 Å². The zero-order valence-corrected chi connectivity index (χ0v) is 14.0. The molecule has 1 aliphatic rings. The maximum absolute atomic E-state index is 12.5. The number of hydrogen-bond acceptors (Lipinski definition) is 3. The lowest BCUT2D eigenvalue weighted by Crippen LogP contribution is -2.27. The summed E-state index contributed by atoms with van der Waals surface area (Å²) in [6, 6.07) is 14.6. The van der Waals surface area contributed by atoms with Gasteiger partial charge in [0, 0.05) is 5.02 Å². The first-order valence-corrected chi connectivity index (χ1v) is 8.40. The van der Waals surface area contributed by atoms with Gasteiger partial charge in [0.05, 0.1) is 10.6 Å². The second kappa shape index (κ2) is 6.60. The molecule has 1 heterocycles. The van der Waals surface area contributed by atoms with Crippen molar-refractivity contribution >= 4 is 46.3 Å². The van der Waals surface area contributed by atoms with Crippen LogP contribution in [0.1, 0.15) is 18.1 Å². The maximum Gasteiger partial charge on any atom is 0.298 e. The summed E-state index contributed by atoms with van der Waals surface area (Å²) in [7, 11) is 0. The van der Waals surface area contributed by atoms with E-state index < -0.39 is 0 Å². The molecule has 2 amide bonds. The molecule has 0 saturated carbocycles. The Bertz CT molecular complexity index is 782. The van der Waals surface area contributed by atoms with Gasteiger partial charge in [0.2, 0.25) is 0 Å². The van der Waals surface area contributed by atoms with Crippen LogP contribution in [0.4, 0.5) is 10.5 Å². The number of aryl methyl sites for hydroxylation is 1. The van der Waals surface area contributed by atoms with E-state index >= 15 is 0 Å². The number of rotatable bonds is 3. The van der Waals surface area contributed by atoms with Crippen LogP contribution < -0.4 is 4.90 Å². The van der Waals surface area contributed by atoms with Crippen molar-refractivity contribution < 1.29 is 9.59 Å². The number of anilines is 1. The van der Waals surface area contributed by atoms with Crippen LogP contribution in [0, 0.1) is 0 Å². The zero-order chi connectivity index (χ0) is 16.4. The van der Waals surface area contributed by atoms with Crippen molar-refractivity contribution in [3.05, 3.63) is 69.6 Å². The molecule has 3 rings (SSSR count). The molecule has 1 fully saturated rings. The minimum Gasteiger partial charge on any atom is -0.268 e. The third-order valence-electron chi connectivity index (χ3n) is 3.56. The lowest BCUT2D eigenvalue weighted by atomic mass is 10.1. The van der Waals surface area contributed by atoms with Crippen LogP contribution >= 0.6 is 23.4 Å². The fourth-order valence-corrected chi connectivity index (χ4v) is 3.25. The molecule has 0 bridgehead atoms. The fraction of sp³-hybridized carbons (Fsp3) is 0.111. The highest BCUT2D eigenvalue weighted by Crippen LogP contribution is 2.36. The molecule has 3 nitrogen and oxygen atoms in total. The first-order valence-electron chi connectivity index (χ1n) is 7.21. The number of carbonyl (C=O) groups excluding carboxylic acids is 2. The molecule has 0 atom stereocenters. The van der Waals surface area contributed by atoms with Gasteiger partial charge in [0.15, 0.2) is 0 Å². The van der Waals surface area contributed by atoms with E-state index in [2.05, 4.69) is 6.92 Å². The van der Waals surface area contributed by atoms with Gasteiger partial charge >= 0.3 is 0 Å². The van der Waals surface area contributed by atoms with Crippen molar-refractivity contribution in [3.63, 3.8) is 0 Å². The molecular weight excluding hydrogens is 330 g/mol. The van der Waals surface area contributed by atoms with Crippen LogP contribution in [-0.4, -0.2) is 11.1 Å². The van der Waals surface area contributed by atoms with Gasteiger partial charge < -0.3 is 0 Å². The van der Waals surface area contributed by atoms with Gasteiger partial charge in [-0.3, -0.25) is 9.59 Å². The zero-order valence-electron chi connectivity index (χ0n) is 12.5. The molecule has 2 aromatic rings. The number of nitrogens with zero attached hydrogens (tertiary/aromatic N) is 1. The summed E-state index contributed by atoms with van der Waals surface area (Å²) in [6.07, 6.45) is 2.72. The Kier molecular flexibility index (Phi) is 4.55. The number of benzene rings is 2. The Labute approximate surface area is 143 Å². The molecule has 0 aromatic heterocycles. The Balaban J connectivity index is 1.88. The van der Waals surface area contributed by atoms with Crippen LogP contribution in [0.15, 0.2) is 53.4 Å². The first kappa shape index (κ1) is 15.8. The third kappa shape index (κ3) is 3.33. The van der Waals surface area contributed by atoms with Gasteiger partial charge in [-0.2, -0.15) is 0 Å². The normalized spacial score (nSPS) is 16.4. The molecule has 116 valence electrons. The van der Waals surface area contributed by atoms with Gasteiger partial charge in [-0.05, 0) is 59.7 Å². The Morgan fingerprint density at radius 3 is 2.30 bits per heavy atom. The standard InChI is InChI=1S/C18H14ClNO2S/c1-2-12-3-5-13(6-4-12)11-16-17(21)20(18(22)23-16)15-9-7-14(19)8-10-15/h3-11H,2H2,1H3/b16-11+. The average molecular weight is 344 g/mol. The molecule has 0 radical (unpaired) electrons. The molecule has 1 aliphatic heterocycles. The summed E-state index contributed by atoms with van der Waals surface area (Å²) in [5, 5.41) is 0.265. The van der Waals surface area contributed by atoms with Crippen LogP contribution in [0.5, 0.6) is 0 Å². The van der Waals surface area contributed by atoms with Crippen LogP contribution in [0.3, 0.4) is 0 Å². The molecule has 0 spiro atoms. The fourth-order valence-electron chi connectivity index (χ4n) is 2.28. The molecular formula is C18H14ClNO2S. The highest BCUT2D eigenvalue weighted by atomic mass is 35.5. The van der Waals surface area contributed by atoms with E-state index in [0.717, 1.165) is 23.7 Å². The first-order chi connectivity index (χ1) is 11.1. The van der Waals surface area contributed by atoms with Crippen molar-refractivity contribution in [2.24, 2.45) is 0 Å². The largest absolute Gasteiger partial charge is 0.298 e. The van der Waals surface area contributed by atoms with Crippen LogP contribution in [0.25, 0.3) is 6.08 Å². The van der Waals surface area contributed by atoms with Crippen molar-refractivity contribution in [2.75, 3.05) is 4.90 Å². The van der Waals surface area contributed by atoms with E-state index in [1.165, 1.54) is 10.5 Å². The monoisotopic (exact) mass is 343 g/mol. The minimum atomic E-state index is -0.304. The lowest BCUT2D eigenvalue weighted by Gasteiger charge is -2.12. The quantitative estimate of drug-likeness (QED) is 0.724. The number of carbonyl (C=O) groups is 2. The molecule has 5 heteroatoms. The average Bonchev–Trinajstić information content (AvgIpc) is 2.83. The van der Waals surface area contributed by atoms with E-state index in [0.29, 0.717) is 15.6 Å². The second-order valence-electron chi connectivity index (χ2n) is 5.09. The Morgan fingerprint density at radius 2 is 1.70 bits per heavy atom. The van der Waals surface area contributed by atoms with Gasteiger partial charge in [-0.25, -0.2) is 4.90 Å². The van der Waals surface area contributed by atoms with Crippen molar-refractivity contribution in [3.8, 4) is 0 Å². The number of hydrogen-bond donors (Lipinski definition) is 0. The minimum absolute atomic E-state index is 0.297. The van der Waals surface area contributed by atoms with Crippen LogP contribution in [-0.2, 0) is 11.2 Å². The molecule has 0 aliphatic carbocycles. The predicted octanol–water partition coefficient (Wildman–Crippen LogP) is 5.14. The number of halogens is 1. The van der Waals surface area contributed by atoms with Crippen LogP contribution in [0.2, 0.25) is 5.02 Å². The van der Waals surface area contributed by atoms with Gasteiger partial charge in [0.1, 0.15) is 0 Å². The van der Waals surface area contributed by atoms with Crippen molar-refractivity contribution in [1.82, 2.24) is 0 Å². The summed E-state index contributed by atoms with van der Waals surface area (Å²) in [5.74, 6) is -0.304. The summed E-state index contributed by atoms with van der Waals surface area (Å²) in [4.78, 5) is 26.3. The van der Waals surface area contributed by atoms with E-state index in [1.807, 2.05) is 24.3 Å². The number of imide groups is 1. The topological polar surface area (TPSA) is 37.4 Å². The predicted molar refractivity (Wildman–Crippen MR) is 95.7 cm³/mol. The molecule has 2 aromatic carbocycles. The van der Waals surface area contributed by atoms with E-state index in [-0.39, 0.29) is 11.1 Å². The van der Waals surface area contributed by atoms with Gasteiger partial charge in [0.25, 0.3) is 11.1 Å². The lowest BCUT2D eigenvalue weighted by molar-refractivity contribution is -0.113. The smallest absolute Gasteiger partial charge is 0.268 e. The Hall–Kier alpha value is -2.04.